The Morgan fingerprint density at radius 3 is 2.03 bits per heavy atom. The number of aromatic hydroxyl groups is 2. The highest BCUT2D eigenvalue weighted by Crippen LogP contribution is 2.51. The van der Waals surface area contributed by atoms with Gasteiger partial charge >= 0.3 is 0 Å². The number of rotatable bonds is 4. The van der Waals surface area contributed by atoms with E-state index in [4.69, 9.17) is 46.4 Å². The lowest BCUT2D eigenvalue weighted by molar-refractivity contribution is 0.455. The molecule has 3 aromatic carbocycles. The molecule has 3 N–H and O–H groups in total. The van der Waals surface area contributed by atoms with Gasteiger partial charge in [0.1, 0.15) is 16.5 Å². The average Bonchev–Trinajstić information content (AvgIpc) is 2.62. The highest BCUT2D eigenvalue weighted by Gasteiger charge is 2.51. The normalized spacial score (nSPS) is 13.8. The molecule has 3 rings (SSSR count). The van der Waals surface area contributed by atoms with E-state index in [9.17, 15) is 23.2 Å². The van der Waals surface area contributed by atoms with E-state index in [0.717, 1.165) is 12.1 Å². The number of benzene rings is 3. The average molecular weight is 494 g/mol. The predicted octanol–water partition coefficient (Wildman–Crippen LogP) is 5.89. The molecule has 0 radical (unpaired) electrons. The number of hydrogen-bond donors (Lipinski definition) is 3. The molecule has 0 aromatic heterocycles. The van der Waals surface area contributed by atoms with Crippen molar-refractivity contribution in [3.05, 3.63) is 91.4 Å². The van der Waals surface area contributed by atoms with Gasteiger partial charge in [-0.25, -0.2) is 0 Å². The smallest absolute Gasteiger partial charge is 0.283 e. The van der Waals surface area contributed by atoms with Crippen molar-refractivity contribution in [3.63, 3.8) is 0 Å². The summed E-state index contributed by atoms with van der Waals surface area (Å²) in [5, 5.41) is 19.4. The molecule has 0 heterocycles. The molecule has 0 amide bonds. The van der Waals surface area contributed by atoms with Crippen LogP contribution in [0.25, 0.3) is 0 Å². The van der Waals surface area contributed by atoms with Crippen molar-refractivity contribution in [3.8, 4) is 11.5 Å². The van der Waals surface area contributed by atoms with Crippen molar-refractivity contribution in [2.24, 2.45) is 0 Å². The minimum absolute atomic E-state index is 0.0621. The minimum Gasteiger partial charge on any atom is -0.508 e. The molecule has 5 nitrogen and oxygen atoms in total. The fourth-order valence-corrected chi connectivity index (χ4v) is 5.65. The van der Waals surface area contributed by atoms with Gasteiger partial charge in [0.05, 0.1) is 5.02 Å². The lowest BCUT2D eigenvalue weighted by Crippen LogP contribution is -2.39. The van der Waals surface area contributed by atoms with Crippen LogP contribution in [0.4, 0.5) is 0 Å². The van der Waals surface area contributed by atoms with Crippen LogP contribution in [0.3, 0.4) is 0 Å². The van der Waals surface area contributed by atoms with Gasteiger partial charge in [-0.2, -0.15) is 8.42 Å². The van der Waals surface area contributed by atoms with Gasteiger partial charge in [0.15, 0.2) is 4.75 Å². The zero-order valence-corrected chi connectivity index (χ0v) is 18.1. The second kappa shape index (κ2) is 7.87. The molecule has 0 saturated heterocycles. The van der Waals surface area contributed by atoms with Crippen LogP contribution in [0.1, 0.15) is 16.7 Å². The molecule has 1 atom stereocenters. The number of hydrogen-bond acceptors (Lipinski definition) is 4. The van der Waals surface area contributed by atoms with Gasteiger partial charge in [-0.05, 0) is 35.9 Å². The van der Waals surface area contributed by atoms with Crippen molar-refractivity contribution < 1.29 is 23.2 Å². The van der Waals surface area contributed by atoms with Crippen LogP contribution in [0.2, 0.25) is 20.1 Å². The van der Waals surface area contributed by atoms with Crippen molar-refractivity contribution in [1.82, 2.24) is 0 Å². The first-order chi connectivity index (χ1) is 13.5. The summed E-state index contributed by atoms with van der Waals surface area (Å²) in [4.78, 5) is 0. The fourth-order valence-electron chi connectivity index (χ4n) is 3.19. The van der Waals surface area contributed by atoms with Crippen molar-refractivity contribution in [1.29, 1.82) is 0 Å². The second-order valence-electron chi connectivity index (χ2n) is 6.09. The van der Waals surface area contributed by atoms with Crippen LogP contribution in [-0.4, -0.2) is 23.2 Å². The van der Waals surface area contributed by atoms with Crippen LogP contribution < -0.4 is 0 Å². The molecule has 3 aromatic rings. The van der Waals surface area contributed by atoms with E-state index in [-0.39, 0.29) is 48.3 Å². The SMILES string of the molecule is O=S(=O)(O)C(c1cccc(O)c1)(c1ccc(Cl)cc1Cl)c1ccc(O)c(Cl)c1Cl. The molecule has 0 aliphatic heterocycles. The molecule has 0 bridgehead atoms. The monoisotopic (exact) mass is 492 g/mol. The zero-order chi connectivity index (χ0) is 21.6. The Labute approximate surface area is 186 Å². The zero-order valence-electron chi connectivity index (χ0n) is 14.3. The quantitative estimate of drug-likeness (QED) is 0.311. The van der Waals surface area contributed by atoms with Crippen LogP contribution in [0, 0.1) is 0 Å². The van der Waals surface area contributed by atoms with Gasteiger partial charge < -0.3 is 10.2 Å². The summed E-state index contributed by atoms with van der Waals surface area (Å²) in [5.41, 5.74) is -0.326. The van der Waals surface area contributed by atoms with E-state index in [1.165, 1.54) is 42.5 Å². The molecule has 1 unspecified atom stereocenters. The molecule has 10 heteroatoms. The first kappa shape index (κ1) is 22.0. The summed E-state index contributed by atoms with van der Waals surface area (Å²) in [6.45, 7) is 0. The maximum absolute atomic E-state index is 13.0. The highest BCUT2D eigenvalue weighted by atomic mass is 35.5. The first-order valence-corrected chi connectivity index (χ1v) is 10.8. The largest absolute Gasteiger partial charge is 0.508 e. The first-order valence-electron chi connectivity index (χ1n) is 7.89. The van der Waals surface area contributed by atoms with Gasteiger partial charge in [-0.3, -0.25) is 4.55 Å². The van der Waals surface area contributed by atoms with E-state index < -0.39 is 14.9 Å². The van der Waals surface area contributed by atoms with Crippen molar-refractivity contribution in [2.45, 2.75) is 4.75 Å². The Balaban J connectivity index is 2.61. The number of phenols is 2. The molecular weight excluding hydrogens is 482 g/mol. The second-order valence-corrected chi connectivity index (χ2v) is 9.25. The van der Waals surface area contributed by atoms with E-state index in [1.54, 1.807) is 0 Å². The number of halogens is 4. The van der Waals surface area contributed by atoms with E-state index >= 15 is 0 Å². The summed E-state index contributed by atoms with van der Waals surface area (Å²) in [6, 6.07) is 11.6. The lowest BCUT2D eigenvalue weighted by atomic mass is 9.83. The summed E-state index contributed by atoms with van der Waals surface area (Å²) in [6.07, 6.45) is 0. The molecule has 0 aliphatic rings. The Kier molecular flexibility index (Phi) is 5.98. The van der Waals surface area contributed by atoms with E-state index in [2.05, 4.69) is 0 Å². The van der Waals surface area contributed by atoms with Crippen LogP contribution in [0.15, 0.2) is 54.6 Å². The standard InChI is InChI=1S/C19H12Cl4O5S/c20-11-4-5-13(15(21)9-11)19(29(26,27)28,10-2-1-3-12(24)8-10)14-6-7-16(25)18(23)17(14)22/h1-9,24-25H,(H,26,27,28). The molecule has 152 valence electrons. The van der Waals surface area contributed by atoms with Gasteiger partial charge in [0.2, 0.25) is 0 Å². The van der Waals surface area contributed by atoms with Crippen LogP contribution >= 0.6 is 46.4 Å². The fraction of sp³-hybridized carbons (Fsp3) is 0.0526. The van der Waals surface area contributed by atoms with Gasteiger partial charge in [0, 0.05) is 21.2 Å². The molecule has 0 saturated carbocycles. The minimum atomic E-state index is -5.05. The summed E-state index contributed by atoms with van der Waals surface area (Å²) < 4.78 is 34.0. The number of phenolic OH excluding ortho intramolecular Hbond substituents is 2. The Morgan fingerprint density at radius 1 is 0.793 bits per heavy atom. The third-order valence-electron chi connectivity index (χ3n) is 4.39. The maximum atomic E-state index is 13.0. The van der Waals surface area contributed by atoms with E-state index in [1.807, 2.05) is 0 Å². The maximum Gasteiger partial charge on any atom is 0.283 e. The van der Waals surface area contributed by atoms with Gasteiger partial charge in [0.25, 0.3) is 10.1 Å². The third-order valence-corrected chi connectivity index (χ3v) is 7.26. The van der Waals surface area contributed by atoms with Crippen LogP contribution in [0.5, 0.6) is 11.5 Å². The summed E-state index contributed by atoms with van der Waals surface area (Å²) in [5.74, 6) is -0.649. The Bertz CT molecular complexity index is 1210. The van der Waals surface area contributed by atoms with Gasteiger partial charge in [-0.1, -0.05) is 70.7 Å². The molecule has 0 aliphatic carbocycles. The van der Waals surface area contributed by atoms with Crippen LogP contribution in [-0.2, 0) is 14.9 Å². The van der Waals surface area contributed by atoms with Crippen molar-refractivity contribution >= 4 is 56.5 Å². The molecule has 29 heavy (non-hydrogen) atoms. The summed E-state index contributed by atoms with van der Waals surface area (Å²) >= 11 is 24.7. The van der Waals surface area contributed by atoms with E-state index in [0.29, 0.717) is 0 Å². The molecular formula is C19H12Cl4O5S. The Morgan fingerprint density at radius 2 is 1.45 bits per heavy atom. The third kappa shape index (κ3) is 3.65. The topological polar surface area (TPSA) is 94.8 Å². The van der Waals surface area contributed by atoms with Crippen molar-refractivity contribution in [2.75, 3.05) is 0 Å². The lowest BCUT2D eigenvalue weighted by Gasteiger charge is -2.34. The molecule has 0 fully saturated rings. The van der Waals surface area contributed by atoms with Gasteiger partial charge in [-0.15, -0.1) is 0 Å². The Hall–Kier alpha value is -1.67. The highest BCUT2D eigenvalue weighted by molar-refractivity contribution is 7.87. The molecule has 0 spiro atoms. The predicted molar refractivity (Wildman–Crippen MR) is 114 cm³/mol. The summed E-state index contributed by atoms with van der Waals surface area (Å²) in [7, 11) is -5.05.